The van der Waals surface area contributed by atoms with Crippen LogP contribution in [0, 0.1) is 0 Å². The van der Waals surface area contributed by atoms with E-state index in [9.17, 15) is 23.1 Å². The van der Waals surface area contributed by atoms with E-state index in [-0.39, 0.29) is 28.5 Å². The number of nitrogens with one attached hydrogen (secondary N) is 2. The lowest BCUT2D eigenvalue weighted by molar-refractivity contribution is -0.207. The van der Waals surface area contributed by atoms with Crippen LogP contribution in [0.4, 0.5) is 13.2 Å². The van der Waals surface area contributed by atoms with Crippen LogP contribution >= 0.6 is 11.6 Å². The van der Waals surface area contributed by atoms with E-state index in [4.69, 9.17) is 21.1 Å². The summed E-state index contributed by atoms with van der Waals surface area (Å²) >= 11 is 6.60. The van der Waals surface area contributed by atoms with Crippen LogP contribution < -0.4 is 4.74 Å². The van der Waals surface area contributed by atoms with Gasteiger partial charge >= 0.3 is 12.1 Å². The van der Waals surface area contributed by atoms with Gasteiger partial charge in [-0.25, -0.2) is 4.79 Å². The topological polar surface area (TPSA) is 100 Å². The number of rotatable bonds is 10. The number of ether oxygens (including phenoxy) is 2. The molecule has 5 rings (SSSR count). The molecule has 0 saturated heterocycles. The standard InChI is InChI=1S/C31H29ClF3N3O4/c1-3-22-25(28(38-37-22)29(39)31(33,34)35)24-21(32)15-14-20-19(27(36-26(20)24)30(40)41-4-2)12-8-16-42-23-13-7-10-17-9-5-6-11-18(17)23/h5-7,9-11,13-15,29,36,39H,3-4,8,12,16H2,1-2H3,(H,37,38). The number of hydrogen-bond acceptors (Lipinski definition) is 5. The van der Waals surface area contributed by atoms with Crippen molar-refractivity contribution in [2.75, 3.05) is 13.2 Å². The summed E-state index contributed by atoms with van der Waals surface area (Å²) in [6, 6.07) is 17.0. The predicted octanol–water partition coefficient (Wildman–Crippen LogP) is 7.71. The second-order valence-corrected chi connectivity index (χ2v) is 10.1. The number of hydrogen-bond donors (Lipinski definition) is 3. The maximum atomic E-state index is 13.6. The molecule has 2 aromatic heterocycles. The van der Waals surface area contributed by atoms with E-state index in [2.05, 4.69) is 15.2 Å². The van der Waals surface area contributed by atoms with Crippen molar-refractivity contribution in [1.82, 2.24) is 15.2 Å². The average molecular weight is 600 g/mol. The zero-order chi connectivity index (χ0) is 30.0. The number of alkyl halides is 3. The number of fused-ring (bicyclic) bond motifs is 2. The van der Waals surface area contributed by atoms with Crippen LogP contribution in [0.5, 0.6) is 5.75 Å². The molecule has 2 heterocycles. The minimum absolute atomic E-state index is 0.0421. The molecule has 5 aromatic rings. The van der Waals surface area contributed by atoms with Gasteiger partial charge < -0.3 is 19.6 Å². The van der Waals surface area contributed by atoms with E-state index in [0.29, 0.717) is 48.0 Å². The Morgan fingerprint density at radius 2 is 1.81 bits per heavy atom. The monoisotopic (exact) mass is 599 g/mol. The quantitative estimate of drug-likeness (QED) is 0.113. The zero-order valence-corrected chi connectivity index (χ0v) is 23.7. The van der Waals surface area contributed by atoms with Gasteiger partial charge in [-0.15, -0.1) is 0 Å². The minimum atomic E-state index is -4.95. The molecule has 0 aliphatic heterocycles. The third-order valence-corrected chi connectivity index (χ3v) is 7.45. The van der Waals surface area contributed by atoms with Crippen LogP contribution in [0.25, 0.3) is 32.8 Å². The molecular weight excluding hydrogens is 571 g/mol. The Kier molecular flexibility index (Phi) is 8.47. The van der Waals surface area contributed by atoms with Gasteiger partial charge in [0.2, 0.25) is 0 Å². The van der Waals surface area contributed by atoms with Crippen LogP contribution in [0.15, 0.2) is 54.6 Å². The van der Waals surface area contributed by atoms with Gasteiger partial charge in [-0.05, 0) is 49.3 Å². The molecular formula is C31H29ClF3N3O4. The van der Waals surface area contributed by atoms with Gasteiger partial charge in [-0.3, -0.25) is 5.10 Å². The number of esters is 1. The molecule has 0 spiro atoms. The van der Waals surface area contributed by atoms with Crippen molar-refractivity contribution >= 4 is 39.2 Å². The molecule has 220 valence electrons. The summed E-state index contributed by atoms with van der Waals surface area (Å²) in [4.78, 5) is 16.1. The molecule has 11 heteroatoms. The Morgan fingerprint density at radius 1 is 1.05 bits per heavy atom. The Labute approximate surface area is 244 Å². The lowest BCUT2D eigenvalue weighted by Crippen LogP contribution is -2.21. The molecule has 0 bridgehead atoms. The summed E-state index contributed by atoms with van der Waals surface area (Å²) in [7, 11) is 0. The zero-order valence-electron chi connectivity index (χ0n) is 22.9. The van der Waals surface area contributed by atoms with Gasteiger partial charge in [0.15, 0.2) is 6.10 Å². The van der Waals surface area contributed by atoms with E-state index in [1.54, 1.807) is 26.0 Å². The summed E-state index contributed by atoms with van der Waals surface area (Å²) < 4.78 is 52.1. The maximum absolute atomic E-state index is 13.6. The molecule has 0 aliphatic rings. The number of benzene rings is 3. The summed E-state index contributed by atoms with van der Waals surface area (Å²) in [5.74, 6) is 0.147. The van der Waals surface area contributed by atoms with Crippen LogP contribution in [-0.4, -0.2) is 45.6 Å². The highest BCUT2D eigenvalue weighted by atomic mass is 35.5. The van der Waals surface area contributed by atoms with Gasteiger partial charge in [0.25, 0.3) is 0 Å². The van der Waals surface area contributed by atoms with Gasteiger partial charge in [-0.1, -0.05) is 61.0 Å². The number of aromatic amines is 2. The predicted molar refractivity (Wildman–Crippen MR) is 155 cm³/mol. The normalized spacial score (nSPS) is 12.6. The number of halogens is 4. The van der Waals surface area contributed by atoms with Crippen LogP contribution in [0.3, 0.4) is 0 Å². The Morgan fingerprint density at radius 3 is 2.55 bits per heavy atom. The molecule has 0 saturated carbocycles. The largest absolute Gasteiger partial charge is 0.493 e. The lowest BCUT2D eigenvalue weighted by atomic mass is 9.95. The molecule has 1 atom stereocenters. The van der Waals surface area contributed by atoms with E-state index in [0.717, 1.165) is 16.5 Å². The Hall–Kier alpha value is -4.02. The first kappa shape index (κ1) is 29.5. The van der Waals surface area contributed by atoms with E-state index in [1.807, 2.05) is 42.5 Å². The summed E-state index contributed by atoms with van der Waals surface area (Å²) in [5, 5.41) is 19.3. The highest BCUT2D eigenvalue weighted by Crippen LogP contribution is 2.44. The molecule has 0 radical (unpaired) electrons. The van der Waals surface area contributed by atoms with Gasteiger partial charge in [-0.2, -0.15) is 18.3 Å². The van der Waals surface area contributed by atoms with E-state index in [1.165, 1.54) is 0 Å². The van der Waals surface area contributed by atoms with Crippen molar-refractivity contribution in [3.8, 4) is 16.9 Å². The number of aryl methyl sites for hydroxylation is 2. The second-order valence-electron chi connectivity index (χ2n) is 9.73. The Bertz CT molecular complexity index is 1740. The summed E-state index contributed by atoms with van der Waals surface area (Å²) in [6.07, 6.45) is -6.55. The molecule has 1 unspecified atom stereocenters. The molecule has 0 fully saturated rings. The van der Waals surface area contributed by atoms with Crippen molar-refractivity contribution in [1.29, 1.82) is 0 Å². The summed E-state index contributed by atoms with van der Waals surface area (Å²) in [5.41, 5.74) is 1.18. The Balaban J connectivity index is 1.54. The molecule has 3 N–H and O–H groups in total. The van der Waals surface area contributed by atoms with E-state index >= 15 is 0 Å². The van der Waals surface area contributed by atoms with Crippen LogP contribution in [-0.2, 0) is 17.6 Å². The molecule has 42 heavy (non-hydrogen) atoms. The fourth-order valence-electron chi connectivity index (χ4n) is 5.21. The summed E-state index contributed by atoms with van der Waals surface area (Å²) in [6.45, 7) is 3.92. The number of aliphatic hydroxyl groups is 1. The molecule has 7 nitrogen and oxygen atoms in total. The minimum Gasteiger partial charge on any atom is -0.493 e. The fourth-order valence-corrected chi connectivity index (χ4v) is 5.46. The van der Waals surface area contributed by atoms with Gasteiger partial charge in [0, 0.05) is 27.6 Å². The molecule has 0 aliphatic carbocycles. The molecule has 0 amide bonds. The number of H-pyrrole nitrogens is 2. The first-order chi connectivity index (χ1) is 20.2. The maximum Gasteiger partial charge on any atom is 0.420 e. The van der Waals surface area contributed by atoms with Crippen molar-refractivity contribution in [2.45, 2.75) is 45.4 Å². The highest BCUT2D eigenvalue weighted by Gasteiger charge is 2.43. The number of aromatic nitrogens is 3. The van der Waals surface area contributed by atoms with Crippen molar-refractivity contribution < 1.29 is 32.5 Å². The lowest BCUT2D eigenvalue weighted by Gasteiger charge is -2.16. The number of carbonyl (C=O) groups excluding carboxylic acids is 1. The second kappa shape index (κ2) is 12.1. The van der Waals surface area contributed by atoms with Crippen molar-refractivity contribution in [2.24, 2.45) is 0 Å². The number of nitrogens with zero attached hydrogens (tertiary/aromatic N) is 1. The van der Waals surface area contributed by atoms with Gasteiger partial charge in [0.05, 0.1) is 23.8 Å². The van der Waals surface area contributed by atoms with Crippen LogP contribution in [0.1, 0.15) is 53.8 Å². The first-order valence-electron chi connectivity index (χ1n) is 13.6. The first-order valence-corrected chi connectivity index (χ1v) is 14.0. The third-order valence-electron chi connectivity index (χ3n) is 7.13. The van der Waals surface area contributed by atoms with E-state index < -0.39 is 23.9 Å². The van der Waals surface area contributed by atoms with Crippen molar-refractivity contribution in [3.63, 3.8) is 0 Å². The SMILES string of the molecule is CCOC(=O)c1[nH]c2c(-c3c(C(O)C(F)(F)F)n[nH]c3CC)c(Cl)ccc2c1CCCOc1cccc2ccccc12. The fraction of sp³-hybridized carbons (Fsp3) is 0.290. The molecule has 3 aromatic carbocycles. The highest BCUT2D eigenvalue weighted by molar-refractivity contribution is 6.35. The third kappa shape index (κ3) is 5.56. The number of aliphatic hydroxyl groups excluding tert-OH is 1. The van der Waals surface area contributed by atoms with Crippen molar-refractivity contribution in [3.05, 3.63) is 82.3 Å². The smallest absolute Gasteiger partial charge is 0.420 e. The average Bonchev–Trinajstić information content (AvgIpc) is 3.56. The van der Waals surface area contributed by atoms with Crippen LogP contribution in [0.2, 0.25) is 5.02 Å². The van der Waals surface area contributed by atoms with Gasteiger partial charge in [0.1, 0.15) is 17.1 Å². The number of carbonyl (C=O) groups is 1.